The summed E-state index contributed by atoms with van der Waals surface area (Å²) in [5.74, 6) is 1.12. The van der Waals surface area contributed by atoms with Gasteiger partial charge < -0.3 is 30.8 Å². The molecule has 0 aliphatic rings. The van der Waals surface area contributed by atoms with Gasteiger partial charge in [0.25, 0.3) is 0 Å². The van der Waals surface area contributed by atoms with Gasteiger partial charge in [0, 0.05) is 25.7 Å². The van der Waals surface area contributed by atoms with Crippen LogP contribution in [0, 0.1) is 17.9 Å². The predicted octanol–water partition coefficient (Wildman–Crippen LogP) is 3.72. The first-order valence-electron chi connectivity index (χ1n) is 7.08. The summed E-state index contributed by atoms with van der Waals surface area (Å²) in [6.45, 7) is 5.07. The first kappa shape index (κ1) is 22.7. The van der Waals surface area contributed by atoms with Crippen molar-refractivity contribution in [2.24, 2.45) is 0 Å². The van der Waals surface area contributed by atoms with Crippen molar-refractivity contribution in [3.05, 3.63) is 66.2 Å². The molecule has 2 rings (SSSR count). The van der Waals surface area contributed by atoms with E-state index in [-0.39, 0.29) is 30.7 Å². The Kier molecular flexibility index (Phi) is 12.8. The topological polar surface area (TPSA) is 60.7 Å². The van der Waals surface area contributed by atoms with E-state index < -0.39 is 0 Å². The molecule has 5 nitrogen and oxygen atoms in total. The van der Waals surface area contributed by atoms with Crippen molar-refractivity contribution >= 4 is 12.2 Å². The van der Waals surface area contributed by atoms with Crippen LogP contribution in [-0.4, -0.2) is 27.8 Å². The summed E-state index contributed by atoms with van der Waals surface area (Å²) in [5, 5.41) is 6.25. The fraction of sp³-hybridized carbons (Fsp3) is 0.211. The molecule has 1 radical (unpaired) electrons. The van der Waals surface area contributed by atoms with Crippen molar-refractivity contribution in [3.63, 3.8) is 0 Å². The van der Waals surface area contributed by atoms with Crippen molar-refractivity contribution in [2.75, 3.05) is 27.8 Å². The maximum Gasteiger partial charge on any atom is 2.00 e. The second-order valence-corrected chi connectivity index (χ2v) is 4.49. The van der Waals surface area contributed by atoms with Crippen LogP contribution in [0.3, 0.4) is 0 Å². The minimum atomic E-state index is 0. The molecule has 0 heterocycles. The Morgan fingerprint density at radius 1 is 0.880 bits per heavy atom. The molecule has 25 heavy (non-hydrogen) atoms. The molecule has 0 aliphatic heterocycles. The second-order valence-electron chi connectivity index (χ2n) is 4.49. The molecule has 0 saturated carbocycles. The molecule has 0 bridgehead atoms. The van der Waals surface area contributed by atoms with E-state index in [9.17, 15) is 0 Å². The van der Waals surface area contributed by atoms with Crippen LogP contribution < -0.4 is 9.47 Å². The van der Waals surface area contributed by atoms with E-state index in [0.29, 0.717) is 11.5 Å². The fourth-order valence-electron chi connectivity index (χ4n) is 1.79. The van der Waals surface area contributed by atoms with E-state index in [1.54, 1.807) is 14.2 Å². The number of hydrogen-bond acceptors (Lipinski definition) is 5. The van der Waals surface area contributed by atoms with E-state index in [1.165, 1.54) is 0 Å². The standard InChI is InChI=1S/C18H19O4.CN.Cu/c1-19-13-21-17-10-16(11-18(12-17)22-14-20-2)9-8-15-6-4-3-5-7-15;1-2;/h3-11H,13-14H2,1-2H3;;/q2*-1;+2/b9-8+;;. The number of hydrogen-bond donors (Lipinski definition) is 0. The monoisotopic (exact) mass is 388 g/mol. The van der Waals surface area contributed by atoms with Crippen LogP contribution in [0.2, 0.25) is 0 Å². The summed E-state index contributed by atoms with van der Waals surface area (Å²) in [5.41, 5.74) is 2.06. The Labute approximate surface area is 159 Å². The van der Waals surface area contributed by atoms with Crippen LogP contribution in [0.15, 0.2) is 42.5 Å². The van der Waals surface area contributed by atoms with Gasteiger partial charge in [-0.05, 0) is 5.56 Å². The maximum atomic E-state index is 6.25. The van der Waals surface area contributed by atoms with Crippen molar-refractivity contribution in [1.29, 1.82) is 5.26 Å². The number of benzene rings is 2. The number of methoxy groups -OCH3 is 2. The van der Waals surface area contributed by atoms with Crippen LogP contribution in [-0.2, 0) is 26.5 Å². The third kappa shape index (κ3) is 8.94. The van der Waals surface area contributed by atoms with E-state index in [0.717, 1.165) is 11.1 Å². The van der Waals surface area contributed by atoms with E-state index in [4.69, 9.17) is 30.8 Å². The van der Waals surface area contributed by atoms with Gasteiger partial charge in [-0.2, -0.15) is 0 Å². The summed E-state index contributed by atoms with van der Waals surface area (Å²) >= 11 is 0. The van der Waals surface area contributed by atoms with Crippen molar-refractivity contribution < 1.29 is 36.0 Å². The van der Waals surface area contributed by atoms with Gasteiger partial charge in [-0.1, -0.05) is 48.6 Å². The molecule has 0 saturated heterocycles. The Hall–Kier alpha value is -2.29. The molecule has 2 aromatic carbocycles. The molecule has 0 N–H and O–H groups in total. The average molecular weight is 389 g/mol. The first-order chi connectivity index (χ1) is 11.8. The second kappa shape index (κ2) is 14.1. The van der Waals surface area contributed by atoms with Crippen molar-refractivity contribution in [3.8, 4) is 11.5 Å². The molecule has 2 aromatic rings. The molecule has 0 fully saturated rings. The number of ether oxygens (including phenoxy) is 4. The Morgan fingerprint density at radius 3 is 1.84 bits per heavy atom. The van der Waals surface area contributed by atoms with Crippen LogP contribution in [0.4, 0.5) is 0 Å². The van der Waals surface area contributed by atoms with Crippen molar-refractivity contribution in [1.82, 2.24) is 0 Å². The SMILES string of the molecule is COCOc1[c-]c(OCOC)cc(/C=C/c2ccccc2)c1.[C-]#N.[Cu+2]. The van der Waals surface area contributed by atoms with Gasteiger partial charge >= 0.3 is 17.1 Å². The summed E-state index contributed by atoms with van der Waals surface area (Å²) in [6, 6.07) is 16.8. The summed E-state index contributed by atoms with van der Waals surface area (Å²) in [4.78, 5) is 0. The van der Waals surface area contributed by atoms with Gasteiger partial charge in [0.05, 0.1) is 0 Å². The van der Waals surface area contributed by atoms with Gasteiger partial charge in [-0.3, -0.25) is 0 Å². The quantitative estimate of drug-likeness (QED) is 0.298. The largest absolute Gasteiger partial charge is 2.00 e. The molecule has 0 amide bonds. The van der Waals surface area contributed by atoms with Gasteiger partial charge in [-0.25, -0.2) is 0 Å². The van der Waals surface area contributed by atoms with Crippen LogP contribution in [0.1, 0.15) is 11.1 Å². The molecule has 0 spiro atoms. The Bertz CT molecular complexity index is 618. The van der Waals surface area contributed by atoms with Crippen LogP contribution in [0.5, 0.6) is 11.5 Å². The first-order valence-corrected chi connectivity index (χ1v) is 7.08. The zero-order chi connectivity index (χ0) is 17.6. The van der Waals surface area contributed by atoms with Gasteiger partial charge in [-0.15, -0.1) is 17.7 Å². The minimum absolute atomic E-state index is 0. The minimum Gasteiger partial charge on any atom is -0.512 e. The Balaban J connectivity index is 0.00000185. The van der Waals surface area contributed by atoms with Crippen LogP contribution >= 0.6 is 0 Å². The normalized spacial score (nSPS) is 9.60. The molecule has 0 aromatic heterocycles. The number of nitrogens with zero attached hydrogens (tertiary/aromatic N) is 1. The summed E-state index contributed by atoms with van der Waals surface area (Å²) in [7, 11) is 3.14. The molecule has 0 unspecified atom stereocenters. The predicted molar refractivity (Wildman–Crippen MR) is 90.6 cm³/mol. The third-order valence-corrected chi connectivity index (χ3v) is 2.77. The van der Waals surface area contributed by atoms with E-state index in [1.807, 2.05) is 54.6 Å². The van der Waals surface area contributed by atoms with Crippen molar-refractivity contribution in [2.45, 2.75) is 0 Å². The molecule has 6 heteroatoms. The summed E-state index contributed by atoms with van der Waals surface area (Å²) < 4.78 is 20.7. The molecule has 0 atom stereocenters. The molecular formula is C19H19CuNO4. The Morgan fingerprint density at radius 2 is 1.36 bits per heavy atom. The van der Waals surface area contributed by atoms with Gasteiger partial charge in [0.2, 0.25) is 0 Å². The van der Waals surface area contributed by atoms with Gasteiger partial charge in [0.1, 0.15) is 0 Å². The van der Waals surface area contributed by atoms with Gasteiger partial charge in [0.15, 0.2) is 13.6 Å². The van der Waals surface area contributed by atoms with Crippen LogP contribution in [0.25, 0.3) is 12.2 Å². The summed E-state index contributed by atoms with van der Waals surface area (Å²) in [6.07, 6.45) is 4.01. The van der Waals surface area contributed by atoms with E-state index in [2.05, 4.69) is 6.07 Å². The number of rotatable bonds is 8. The van der Waals surface area contributed by atoms with E-state index >= 15 is 0 Å². The molecular weight excluding hydrogens is 370 g/mol. The zero-order valence-electron chi connectivity index (χ0n) is 14.0. The fourth-order valence-corrected chi connectivity index (χ4v) is 1.79. The average Bonchev–Trinajstić information content (AvgIpc) is 2.65. The third-order valence-electron chi connectivity index (χ3n) is 2.77. The maximum absolute atomic E-state index is 6.25. The molecule has 0 aliphatic carbocycles. The smallest absolute Gasteiger partial charge is 0.512 e. The zero-order valence-corrected chi connectivity index (χ0v) is 14.9. The molecule has 135 valence electrons.